The minimum Gasteiger partial charge on any atom is -0.383 e. The first-order valence-corrected chi connectivity index (χ1v) is 12.2. The third kappa shape index (κ3) is 4.38. The zero-order valence-corrected chi connectivity index (χ0v) is 21.3. The number of benzene rings is 1. The molecule has 33 heavy (non-hydrogen) atoms. The first-order chi connectivity index (χ1) is 15.9. The van der Waals surface area contributed by atoms with Crippen molar-refractivity contribution in [3.05, 3.63) is 45.8 Å². The van der Waals surface area contributed by atoms with Gasteiger partial charge in [-0.3, -0.25) is 0 Å². The highest BCUT2D eigenvalue weighted by atomic mass is 16.5. The molecule has 1 atom stereocenters. The molecule has 0 spiro atoms. The largest absolute Gasteiger partial charge is 0.383 e. The van der Waals surface area contributed by atoms with Crippen molar-refractivity contribution in [1.82, 2.24) is 14.6 Å². The van der Waals surface area contributed by atoms with Gasteiger partial charge >= 0.3 is 0 Å². The second-order valence-corrected chi connectivity index (χ2v) is 9.36. The highest BCUT2D eigenvalue weighted by molar-refractivity contribution is 5.85. The lowest BCUT2D eigenvalue weighted by molar-refractivity contribution is 0.141. The van der Waals surface area contributed by atoms with Gasteiger partial charge in [-0.15, -0.1) is 0 Å². The number of hydrogen-bond donors (Lipinski definition) is 0. The van der Waals surface area contributed by atoms with Crippen LogP contribution in [-0.2, 0) is 15.9 Å². The number of nitrogens with zero attached hydrogens (tertiary/aromatic N) is 4. The molecule has 178 valence electrons. The predicted octanol–water partition coefficient (Wildman–Crippen LogP) is 5.13. The lowest BCUT2D eigenvalue weighted by Gasteiger charge is -2.39. The van der Waals surface area contributed by atoms with E-state index in [4.69, 9.17) is 19.6 Å². The molecule has 0 saturated heterocycles. The minimum absolute atomic E-state index is 0.324. The molecule has 0 aliphatic carbocycles. The van der Waals surface area contributed by atoms with Gasteiger partial charge in [0.25, 0.3) is 0 Å². The predicted molar refractivity (Wildman–Crippen MR) is 135 cm³/mol. The second-order valence-electron chi connectivity index (χ2n) is 9.36. The average Bonchev–Trinajstić information content (AvgIpc) is 3.07. The lowest BCUT2D eigenvalue weighted by Crippen LogP contribution is -2.44. The number of aryl methyl sites for hydroxylation is 5. The molecule has 3 heterocycles. The molecule has 3 aromatic rings. The van der Waals surface area contributed by atoms with E-state index in [1.807, 2.05) is 6.92 Å². The zero-order chi connectivity index (χ0) is 23.7. The summed E-state index contributed by atoms with van der Waals surface area (Å²) in [5.41, 5.74) is 10.6. The van der Waals surface area contributed by atoms with Gasteiger partial charge in [0.05, 0.1) is 23.9 Å². The van der Waals surface area contributed by atoms with E-state index in [-0.39, 0.29) is 0 Å². The quantitative estimate of drug-likeness (QED) is 0.445. The number of rotatable bonds is 8. The maximum Gasteiger partial charge on any atom is 0.165 e. The van der Waals surface area contributed by atoms with Crippen molar-refractivity contribution in [3.8, 4) is 11.1 Å². The van der Waals surface area contributed by atoms with Gasteiger partial charge in [0.15, 0.2) is 5.65 Å². The number of methoxy groups -OCH3 is 1. The Morgan fingerprint density at radius 2 is 1.76 bits per heavy atom. The molecular weight excluding hydrogens is 412 g/mol. The Hall–Kier alpha value is -2.44. The fourth-order valence-corrected chi connectivity index (χ4v) is 5.51. The number of aromatic nitrogens is 3. The fourth-order valence-electron chi connectivity index (χ4n) is 5.51. The molecule has 1 aliphatic rings. The van der Waals surface area contributed by atoms with Gasteiger partial charge in [-0.25, -0.2) is 4.98 Å². The Morgan fingerprint density at radius 1 is 1.03 bits per heavy atom. The monoisotopic (exact) mass is 450 g/mol. The Bertz CT molecular complexity index is 1130. The van der Waals surface area contributed by atoms with Crippen molar-refractivity contribution >= 4 is 11.5 Å². The molecule has 1 aliphatic heterocycles. The molecule has 0 bridgehead atoms. The second kappa shape index (κ2) is 9.82. The van der Waals surface area contributed by atoms with Crippen molar-refractivity contribution in [3.63, 3.8) is 0 Å². The molecule has 4 rings (SSSR count). The molecular formula is C27H38N4O2. The summed E-state index contributed by atoms with van der Waals surface area (Å²) < 4.78 is 13.4. The Labute approximate surface area is 197 Å². The first-order valence-electron chi connectivity index (χ1n) is 12.2. The van der Waals surface area contributed by atoms with E-state index in [0.29, 0.717) is 12.6 Å². The Balaban J connectivity index is 1.90. The van der Waals surface area contributed by atoms with Crippen molar-refractivity contribution in [2.75, 3.05) is 38.4 Å². The van der Waals surface area contributed by atoms with E-state index in [1.54, 1.807) is 7.11 Å². The van der Waals surface area contributed by atoms with Crippen LogP contribution in [0.2, 0.25) is 0 Å². The summed E-state index contributed by atoms with van der Waals surface area (Å²) >= 11 is 0. The van der Waals surface area contributed by atoms with Gasteiger partial charge in [-0.05, 0) is 77.5 Å². The van der Waals surface area contributed by atoms with E-state index >= 15 is 0 Å². The molecule has 6 heteroatoms. The number of hydrogen-bond acceptors (Lipinski definition) is 5. The van der Waals surface area contributed by atoms with Gasteiger partial charge < -0.3 is 14.4 Å². The topological polar surface area (TPSA) is 51.9 Å². The summed E-state index contributed by atoms with van der Waals surface area (Å²) in [7, 11) is 1.79. The van der Waals surface area contributed by atoms with E-state index in [0.717, 1.165) is 61.6 Å². The highest BCUT2D eigenvalue weighted by Gasteiger charge is 2.32. The fraction of sp³-hybridized carbons (Fsp3) is 0.556. The van der Waals surface area contributed by atoms with Crippen LogP contribution in [0, 0.1) is 34.6 Å². The summed E-state index contributed by atoms with van der Waals surface area (Å²) in [6.45, 7) is 16.0. The van der Waals surface area contributed by atoms with Crippen molar-refractivity contribution < 1.29 is 9.47 Å². The average molecular weight is 451 g/mol. The van der Waals surface area contributed by atoms with Crippen LogP contribution < -0.4 is 4.90 Å². The number of anilines is 1. The van der Waals surface area contributed by atoms with Crippen LogP contribution in [0.5, 0.6) is 0 Å². The minimum atomic E-state index is 0.324. The van der Waals surface area contributed by atoms with Crippen molar-refractivity contribution in [1.29, 1.82) is 0 Å². The van der Waals surface area contributed by atoms with E-state index in [9.17, 15) is 0 Å². The van der Waals surface area contributed by atoms with Crippen LogP contribution in [0.1, 0.15) is 53.4 Å². The smallest absolute Gasteiger partial charge is 0.165 e. The van der Waals surface area contributed by atoms with Crippen LogP contribution in [0.3, 0.4) is 0 Å². The van der Waals surface area contributed by atoms with Crippen LogP contribution in [-0.4, -0.2) is 54.1 Å². The van der Waals surface area contributed by atoms with E-state index in [1.165, 1.54) is 33.6 Å². The van der Waals surface area contributed by atoms with E-state index in [2.05, 4.69) is 56.2 Å². The van der Waals surface area contributed by atoms with Crippen LogP contribution in [0.25, 0.3) is 16.8 Å². The van der Waals surface area contributed by atoms with E-state index < -0.39 is 0 Å². The van der Waals surface area contributed by atoms with Gasteiger partial charge in [0.2, 0.25) is 0 Å². The van der Waals surface area contributed by atoms with Crippen LogP contribution >= 0.6 is 0 Å². The van der Waals surface area contributed by atoms with Crippen LogP contribution in [0.15, 0.2) is 12.1 Å². The normalized spacial score (nSPS) is 16.0. The van der Waals surface area contributed by atoms with Crippen LogP contribution in [0.4, 0.5) is 5.82 Å². The molecule has 1 aromatic carbocycles. The maximum absolute atomic E-state index is 5.64. The van der Waals surface area contributed by atoms with Gasteiger partial charge in [0.1, 0.15) is 5.82 Å². The van der Waals surface area contributed by atoms with Crippen molar-refractivity contribution in [2.45, 2.75) is 66.8 Å². The molecule has 6 nitrogen and oxygen atoms in total. The SMILES string of the molecule is CCOCCCN1c2c(c(C)nc3c(-c4c(C)cc(C)cc4C)c(C)nn23)CCC1COC. The van der Waals surface area contributed by atoms with Crippen molar-refractivity contribution in [2.24, 2.45) is 0 Å². The lowest BCUT2D eigenvalue weighted by atomic mass is 9.93. The maximum atomic E-state index is 5.64. The summed E-state index contributed by atoms with van der Waals surface area (Å²) in [4.78, 5) is 7.62. The Kier molecular flexibility index (Phi) is 7.05. The molecule has 2 aromatic heterocycles. The zero-order valence-electron chi connectivity index (χ0n) is 21.3. The summed E-state index contributed by atoms with van der Waals surface area (Å²) in [6, 6.07) is 4.83. The van der Waals surface area contributed by atoms with Gasteiger partial charge in [-0.2, -0.15) is 9.61 Å². The first kappa shape index (κ1) is 23.7. The van der Waals surface area contributed by atoms with Gasteiger partial charge in [-0.1, -0.05) is 17.7 Å². The Morgan fingerprint density at radius 3 is 2.42 bits per heavy atom. The summed E-state index contributed by atoms with van der Waals surface area (Å²) in [5, 5.41) is 5.08. The molecule has 0 fully saturated rings. The molecule has 0 radical (unpaired) electrons. The molecule has 0 saturated carbocycles. The number of fused-ring (bicyclic) bond motifs is 3. The third-order valence-electron chi connectivity index (χ3n) is 6.84. The number of ether oxygens (including phenoxy) is 2. The van der Waals surface area contributed by atoms with Gasteiger partial charge in [0, 0.05) is 38.1 Å². The molecule has 1 unspecified atom stereocenters. The molecule has 0 amide bonds. The molecule has 0 N–H and O–H groups in total. The summed E-state index contributed by atoms with van der Waals surface area (Å²) in [6.07, 6.45) is 3.03. The highest BCUT2D eigenvalue weighted by Crippen LogP contribution is 2.39. The third-order valence-corrected chi connectivity index (χ3v) is 6.84. The standard InChI is InChI=1S/C27H38N4O2/c1-8-33-13-9-12-30-22(16-32-7)10-11-23-20(5)28-26-25(21(6)29-31(26)27(23)30)24-18(3)14-17(2)15-19(24)4/h14-15,22H,8-13,16H2,1-7H3. The summed E-state index contributed by atoms with van der Waals surface area (Å²) in [5.74, 6) is 1.18.